The summed E-state index contributed by atoms with van der Waals surface area (Å²) in [6.45, 7) is 0. The van der Waals surface area contributed by atoms with Gasteiger partial charge in [-0.3, -0.25) is 4.68 Å². The molecule has 1 aromatic heterocycles. The average Bonchev–Trinajstić information content (AvgIpc) is 2.09. The lowest BCUT2D eigenvalue weighted by Gasteiger charge is -1.87. The van der Waals surface area contributed by atoms with E-state index in [1.807, 2.05) is 0 Å². The minimum absolute atomic E-state index is 0. The molecule has 0 saturated heterocycles. The van der Waals surface area contributed by atoms with Crippen molar-refractivity contribution in [3.8, 4) is 0 Å². The standard InChI is InChI=1S/C5H8ClN5.ClH/c1-11-2-3(4(6)10-11)9-5(7)8;/h2H,1H3,(H4,7,8,9);1H. The van der Waals surface area contributed by atoms with E-state index in [0.717, 1.165) is 0 Å². The molecule has 0 amide bonds. The molecule has 4 N–H and O–H groups in total. The summed E-state index contributed by atoms with van der Waals surface area (Å²) >= 11 is 5.64. The van der Waals surface area contributed by atoms with Crippen molar-refractivity contribution in [1.29, 1.82) is 0 Å². The Morgan fingerprint density at radius 2 is 2.25 bits per heavy atom. The third-order valence-corrected chi connectivity index (χ3v) is 1.28. The lowest BCUT2D eigenvalue weighted by atomic mass is 10.6. The predicted octanol–water partition coefficient (Wildman–Crippen LogP) is 0.400. The number of aryl methyl sites for hydroxylation is 1. The van der Waals surface area contributed by atoms with Gasteiger partial charge in [-0.15, -0.1) is 12.4 Å². The fourth-order valence-corrected chi connectivity index (χ4v) is 0.873. The van der Waals surface area contributed by atoms with Crippen molar-refractivity contribution in [3.63, 3.8) is 0 Å². The van der Waals surface area contributed by atoms with Crippen LogP contribution in [0.1, 0.15) is 0 Å². The van der Waals surface area contributed by atoms with Gasteiger partial charge in [0, 0.05) is 7.05 Å². The van der Waals surface area contributed by atoms with Gasteiger partial charge in [-0.1, -0.05) is 11.6 Å². The van der Waals surface area contributed by atoms with E-state index < -0.39 is 0 Å². The van der Waals surface area contributed by atoms with E-state index in [-0.39, 0.29) is 18.4 Å². The molecule has 1 heterocycles. The van der Waals surface area contributed by atoms with Gasteiger partial charge in [-0.05, 0) is 0 Å². The first-order valence-electron chi connectivity index (χ1n) is 2.88. The molecule has 0 aromatic carbocycles. The van der Waals surface area contributed by atoms with Crippen LogP contribution in [-0.4, -0.2) is 15.7 Å². The molecule has 0 spiro atoms. The highest BCUT2D eigenvalue weighted by atomic mass is 35.5. The van der Waals surface area contributed by atoms with Gasteiger partial charge in [-0.25, -0.2) is 4.99 Å². The van der Waals surface area contributed by atoms with Crippen molar-refractivity contribution in [2.75, 3.05) is 0 Å². The summed E-state index contributed by atoms with van der Waals surface area (Å²) in [6.07, 6.45) is 1.63. The summed E-state index contributed by atoms with van der Waals surface area (Å²) in [7, 11) is 1.73. The summed E-state index contributed by atoms with van der Waals surface area (Å²) < 4.78 is 1.53. The van der Waals surface area contributed by atoms with Crippen molar-refractivity contribution in [2.24, 2.45) is 23.5 Å². The minimum Gasteiger partial charge on any atom is -0.370 e. The molecule has 0 atom stereocenters. The molecule has 0 radical (unpaired) electrons. The highest BCUT2D eigenvalue weighted by Crippen LogP contribution is 2.21. The molecule has 1 rings (SSSR count). The Labute approximate surface area is 80.8 Å². The van der Waals surface area contributed by atoms with Crippen molar-refractivity contribution in [3.05, 3.63) is 11.3 Å². The number of aliphatic imine (C=N–C) groups is 1. The highest BCUT2D eigenvalue weighted by Gasteiger charge is 2.02. The second kappa shape index (κ2) is 4.18. The molecule has 12 heavy (non-hydrogen) atoms. The Morgan fingerprint density at radius 3 is 2.58 bits per heavy atom. The lowest BCUT2D eigenvalue weighted by Crippen LogP contribution is -2.21. The largest absolute Gasteiger partial charge is 0.370 e. The maximum absolute atomic E-state index is 5.64. The van der Waals surface area contributed by atoms with E-state index in [9.17, 15) is 0 Å². The Balaban J connectivity index is 0.00000121. The number of aromatic nitrogens is 2. The van der Waals surface area contributed by atoms with Crippen LogP contribution in [0.2, 0.25) is 5.15 Å². The first-order chi connectivity index (χ1) is 5.09. The van der Waals surface area contributed by atoms with Crippen molar-refractivity contribution in [1.82, 2.24) is 9.78 Å². The van der Waals surface area contributed by atoms with Gasteiger partial charge in [0.1, 0.15) is 5.69 Å². The fraction of sp³-hybridized carbons (Fsp3) is 0.200. The zero-order valence-electron chi connectivity index (χ0n) is 6.36. The molecule has 0 bridgehead atoms. The number of nitrogens with zero attached hydrogens (tertiary/aromatic N) is 3. The fourth-order valence-electron chi connectivity index (χ4n) is 0.663. The first kappa shape index (κ1) is 11.1. The van der Waals surface area contributed by atoms with Crippen LogP contribution in [0.3, 0.4) is 0 Å². The van der Waals surface area contributed by atoms with Gasteiger partial charge < -0.3 is 11.5 Å². The van der Waals surface area contributed by atoms with Gasteiger partial charge in [0.05, 0.1) is 6.20 Å². The zero-order chi connectivity index (χ0) is 8.43. The van der Waals surface area contributed by atoms with Crippen LogP contribution in [0.4, 0.5) is 5.69 Å². The molecule has 0 saturated carbocycles. The summed E-state index contributed by atoms with van der Waals surface area (Å²) in [6, 6.07) is 0. The van der Waals surface area contributed by atoms with E-state index in [0.29, 0.717) is 10.8 Å². The first-order valence-corrected chi connectivity index (χ1v) is 3.26. The monoisotopic (exact) mass is 209 g/mol. The van der Waals surface area contributed by atoms with E-state index >= 15 is 0 Å². The van der Waals surface area contributed by atoms with Crippen molar-refractivity contribution in [2.45, 2.75) is 0 Å². The summed E-state index contributed by atoms with van der Waals surface area (Å²) in [5.41, 5.74) is 10.8. The second-order valence-corrected chi connectivity index (χ2v) is 2.37. The molecule has 68 valence electrons. The van der Waals surface area contributed by atoms with E-state index in [2.05, 4.69) is 10.1 Å². The molecule has 0 aliphatic heterocycles. The smallest absolute Gasteiger partial charge is 0.191 e. The molecule has 1 aromatic rings. The van der Waals surface area contributed by atoms with Crippen LogP contribution in [0, 0.1) is 0 Å². The molecule has 0 fully saturated rings. The summed E-state index contributed by atoms with van der Waals surface area (Å²) in [5, 5.41) is 4.12. The van der Waals surface area contributed by atoms with Crippen molar-refractivity contribution < 1.29 is 0 Å². The lowest BCUT2D eigenvalue weighted by molar-refractivity contribution is 0.768. The average molecular weight is 210 g/mol. The molecule has 0 aliphatic rings. The third-order valence-electron chi connectivity index (χ3n) is 1.02. The summed E-state index contributed by atoms with van der Waals surface area (Å²) in [4.78, 5) is 3.74. The molecule has 5 nitrogen and oxygen atoms in total. The maximum Gasteiger partial charge on any atom is 0.191 e. The number of hydrogen-bond acceptors (Lipinski definition) is 2. The Hall–Kier alpha value is -0.940. The van der Waals surface area contributed by atoms with Gasteiger partial charge in [-0.2, -0.15) is 5.10 Å². The topological polar surface area (TPSA) is 82.2 Å². The Bertz CT molecular complexity index is 288. The van der Waals surface area contributed by atoms with Gasteiger partial charge >= 0.3 is 0 Å². The number of rotatable bonds is 1. The SMILES string of the molecule is Cl.Cn1cc(N=C(N)N)c(Cl)n1. The highest BCUT2D eigenvalue weighted by molar-refractivity contribution is 6.31. The molecule has 0 aliphatic carbocycles. The van der Waals surface area contributed by atoms with E-state index in [4.69, 9.17) is 23.1 Å². The van der Waals surface area contributed by atoms with Crippen LogP contribution in [0.25, 0.3) is 0 Å². The number of hydrogen-bond donors (Lipinski definition) is 2. The molecule has 7 heteroatoms. The quantitative estimate of drug-likeness (QED) is 0.519. The zero-order valence-corrected chi connectivity index (χ0v) is 7.93. The van der Waals surface area contributed by atoms with Crippen molar-refractivity contribution >= 4 is 35.7 Å². The van der Waals surface area contributed by atoms with Gasteiger partial charge in [0.2, 0.25) is 0 Å². The van der Waals surface area contributed by atoms with E-state index in [1.165, 1.54) is 4.68 Å². The van der Waals surface area contributed by atoms with Gasteiger partial charge in [0.25, 0.3) is 0 Å². The number of halogens is 2. The molecular weight excluding hydrogens is 201 g/mol. The summed E-state index contributed by atoms with van der Waals surface area (Å²) in [5.74, 6) is -0.0279. The van der Waals surface area contributed by atoms with Crippen LogP contribution >= 0.6 is 24.0 Å². The van der Waals surface area contributed by atoms with Crippen LogP contribution in [0.5, 0.6) is 0 Å². The van der Waals surface area contributed by atoms with Crippen LogP contribution in [-0.2, 0) is 7.05 Å². The molecular formula is C5H9Cl2N5. The number of guanidine groups is 1. The minimum atomic E-state index is -0.0279. The second-order valence-electron chi connectivity index (χ2n) is 2.02. The van der Waals surface area contributed by atoms with E-state index in [1.54, 1.807) is 13.2 Å². The Kier molecular flexibility index (Phi) is 3.85. The molecule has 0 unspecified atom stereocenters. The van der Waals surface area contributed by atoms with Crippen LogP contribution < -0.4 is 11.5 Å². The van der Waals surface area contributed by atoms with Crippen LogP contribution in [0.15, 0.2) is 11.2 Å². The maximum atomic E-state index is 5.64. The third kappa shape index (κ3) is 2.60. The normalized spacial score (nSPS) is 8.83. The predicted molar refractivity (Wildman–Crippen MR) is 50.9 cm³/mol. The van der Waals surface area contributed by atoms with Gasteiger partial charge in [0.15, 0.2) is 11.1 Å². The number of nitrogens with two attached hydrogens (primary N) is 2. The Morgan fingerprint density at radius 1 is 1.67 bits per heavy atom.